The van der Waals surface area contributed by atoms with Crippen molar-refractivity contribution in [3.8, 4) is 0 Å². The van der Waals surface area contributed by atoms with Crippen molar-refractivity contribution < 1.29 is 4.79 Å². The number of nitrogens with zero attached hydrogens (tertiary/aromatic N) is 2. The molecule has 0 aromatic carbocycles. The Balaban J connectivity index is 1.85. The van der Waals surface area contributed by atoms with Crippen molar-refractivity contribution in [2.75, 3.05) is 18.4 Å². The van der Waals surface area contributed by atoms with Gasteiger partial charge >= 0.3 is 0 Å². The Hall–Kier alpha value is -0.940. The lowest BCUT2D eigenvalue weighted by Crippen LogP contribution is -2.32. The van der Waals surface area contributed by atoms with Gasteiger partial charge in [-0.2, -0.15) is 0 Å². The van der Waals surface area contributed by atoms with E-state index < -0.39 is 0 Å². The molecule has 0 atom stereocenters. The summed E-state index contributed by atoms with van der Waals surface area (Å²) in [5.41, 5.74) is 1.07. The fourth-order valence-electron chi connectivity index (χ4n) is 2.14. The first-order valence-electron chi connectivity index (χ1n) is 7.02. The monoisotopic (exact) mass is 281 g/mol. The smallest absolute Gasteiger partial charge is 0.228 e. The van der Waals surface area contributed by atoms with E-state index in [-0.39, 0.29) is 11.8 Å². The van der Waals surface area contributed by atoms with E-state index in [9.17, 15) is 4.79 Å². The van der Waals surface area contributed by atoms with Gasteiger partial charge in [-0.1, -0.05) is 20.8 Å². The van der Waals surface area contributed by atoms with Gasteiger partial charge in [0.25, 0.3) is 0 Å². The van der Waals surface area contributed by atoms with Gasteiger partial charge in [-0.05, 0) is 31.8 Å². The zero-order chi connectivity index (χ0) is 13.8. The molecule has 0 radical (unpaired) electrons. The summed E-state index contributed by atoms with van der Waals surface area (Å²) >= 11 is 1.51. The molecule has 1 aliphatic heterocycles. The molecule has 1 aromatic rings. The number of piperidine rings is 1. The van der Waals surface area contributed by atoms with Crippen molar-refractivity contribution in [2.45, 2.75) is 40.2 Å². The molecule has 0 spiro atoms. The number of rotatable bonds is 4. The molecule has 0 bridgehead atoms. The average Bonchev–Trinajstić information content (AvgIpc) is 2.79. The van der Waals surface area contributed by atoms with Crippen molar-refractivity contribution in [3.63, 3.8) is 0 Å². The van der Waals surface area contributed by atoms with Crippen LogP contribution in [0.2, 0.25) is 0 Å². The SMILES string of the molecule is CC1CCN(Cc2csc(NC(=O)C(C)C)n2)CC1. The van der Waals surface area contributed by atoms with Crippen LogP contribution < -0.4 is 5.32 Å². The first-order valence-corrected chi connectivity index (χ1v) is 7.90. The Morgan fingerprint density at radius 2 is 2.21 bits per heavy atom. The summed E-state index contributed by atoms with van der Waals surface area (Å²) in [5.74, 6) is 0.885. The van der Waals surface area contributed by atoms with Gasteiger partial charge in [0.05, 0.1) is 5.69 Å². The second-order valence-corrected chi connectivity index (χ2v) is 6.60. The van der Waals surface area contributed by atoms with Crippen molar-refractivity contribution in [2.24, 2.45) is 11.8 Å². The molecule has 4 nitrogen and oxygen atoms in total. The van der Waals surface area contributed by atoms with Gasteiger partial charge in [-0.25, -0.2) is 4.98 Å². The van der Waals surface area contributed by atoms with E-state index in [2.05, 4.69) is 22.1 Å². The molecule has 1 aromatic heterocycles. The molecule has 106 valence electrons. The lowest BCUT2D eigenvalue weighted by atomic mass is 9.99. The number of carbonyl (C=O) groups excluding carboxylic acids is 1. The Morgan fingerprint density at radius 3 is 2.84 bits per heavy atom. The highest BCUT2D eigenvalue weighted by Crippen LogP contribution is 2.21. The van der Waals surface area contributed by atoms with Gasteiger partial charge < -0.3 is 5.32 Å². The normalized spacial score (nSPS) is 17.9. The molecule has 0 unspecified atom stereocenters. The van der Waals surface area contributed by atoms with Gasteiger partial charge in [-0.15, -0.1) is 11.3 Å². The Kier molecular flexibility index (Phi) is 4.93. The summed E-state index contributed by atoms with van der Waals surface area (Å²) in [5, 5.41) is 5.63. The van der Waals surface area contributed by atoms with Crippen LogP contribution in [0.5, 0.6) is 0 Å². The maximum atomic E-state index is 11.6. The fourth-order valence-corrected chi connectivity index (χ4v) is 2.84. The standard InChI is InChI=1S/C14H23N3OS/c1-10(2)13(18)16-14-15-12(9-19-14)8-17-6-4-11(3)5-7-17/h9-11H,4-8H2,1-3H3,(H,15,16,18). The number of likely N-dealkylation sites (tertiary alicyclic amines) is 1. The van der Waals surface area contributed by atoms with E-state index in [0.29, 0.717) is 0 Å². The predicted molar refractivity (Wildman–Crippen MR) is 79.3 cm³/mol. The van der Waals surface area contributed by atoms with E-state index in [0.717, 1.165) is 36.4 Å². The highest BCUT2D eigenvalue weighted by molar-refractivity contribution is 7.13. The molecule has 1 saturated heterocycles. The summed E-state index contributed by atoms with van der Waals surface area (Å²) < 4.78 is 0. The fraction of sp³-hybridized carbons (Fsp3) is 0.714. The minimum Gasteiger partial charge on any atom is -0.302 e. The van der Waals surface area contributed by atoms with E-state index in [1.165, 1.54) is 24.2 Å². The average molecular weight is 281 g/mol. The summed E-state index contributed by atoms with van der Waals surface area (Å²) in [6.45, 7) is 9.32. The number of anilines is 1. The van der Waals surface area contributed by atoms with E-state index in [4.69, 9.17) is 0 Å². The molecule has 2 heterocycles. The van der Waals surface area contributed by atoms with Crippen LogP contribution in [0.4, 0.5) is 5.13 Å². The molecule has 0 aliphatic carbocycles. The summed E-state index contributed by atoms with van der Waals surface area (Å²) in [7, 11) is 0. The van der Waals surface area contributed by atoms with Gasteiger partial charge in [-0.3, -0.25) is 9.69 Å². The number of hydrogen-bond acceptors (Lipinski definition) is 4. The van der Waals surface area contributed by atoms with Crippen molar-refractivity contribution in [3.05, 3.63) is 11.1 Å². The van der Waals surface area contributed by atoms with E-state index >= 15 is 0 Å². The molecule has 5 heteroatoms. The Morgan fingerprint density at radius 1 is 1.53 bits per heavy atom. The molecule has 1 N–H and O–H groups in total. The van der Waals surface area contributed by atoms with Crippen LogP contribution in [-0.4, -0.2) is 28.9 Å². The van der Waals surface area contributed by atoms with E-state index in [1.807, 2.05) is 19.2 Å². The van der Waals surface area contributed by atoms with Crippen LogP contribution in [-0.2, 0) is 11.3 Å². The van der Waals surface area contributed by atoms with Crippen LogP contribution in [0.15, 0.2) is 5.38 Å². The largest absolute Gasteiger partial charge is 0.302 e. The lowest BCUT2D eigenvalue weighted by Gasteiger charge is -2.29. The van der Waals surface area contributed by atoms with Gasteiger partial charge in [0.15, 0.2) is 5.13 Å². The van der Waals surface area contributed by atoms with Crippen LogP contribution >= 0.6 is 11.3 Å². The minimum absolute atomic E-state index is 0.00377. The van der Waals surface area contributed by atoms with Crippen LogP contribution in [0.3, 0.4) is 0 Å². The third-order valence-electron chi connectivity index (χ3n) is 3.57. The number of aromatic nitrogens is 1. The predicted octanol–water partition coefficient (Wildman–Crippen LogP) is 2.97. The summed E-state index contributed by atoms with van der Waals surface area (Å²) in [6, 6.07) is 0. The van der Waals surface area contributed by atoms with Crippen LogP contribution in [0.25, 0.3) is 0 Å². The minimum atomic E-state index is -0.00377. The van der Waals surface area contributed by atoms with Gasteiger partial charge in [0.2, 0.25) is 5.91 Å². The quantitative estimate of drug-likeness (QED) is 0.923. The van der Waals surface area contributed by atoms with Crippen molar-refractivity contribution in [1.29, 1.82) is 0 Å². The maximum Gasteiger partial charge on any atom is 0.228 e. The molecule has 0 saturated carbocycles. The highest BCUT2D eigenvalue weighted by Gasteiger charge is 2.17. The lowest BCUT2D eigenvalue weighted by molar-refractivity contribution is -0.118. The molecular weight excluding hydrogens is 258 g/mol. The first kappa shape index (κ1) is 14.5. The van der Waals surface area contributed by atoms with Crippen molar-refractivity contribution >= 4 is 22.4 Å². The number of amides is 1. The third-order valence-corrected chi connectivity index (χ3v) is 4.37. The van der Waals surface area contributed by atoms with Crippen LogP contribution in [0.1, 0.15) is 39.3 Å². The Labute approximate surface area is 119 Å². The number of thiazole rings is 1. The number of nitrogens with one attached hydrogen (secondary N) is 1. The molecular formula is C14H23N3OS. The van der Waals surface area contributed by atoms with E-state index in [1.54, 1.807) is 0 Å². The second-order valence-electron chi connectivity index (χ2n) is 5.75. The zero-order valence-electron chi connectivity index (χ0n) is 12.0. The summed E-state index contributed by atoms with van der Waals surface area (Å²) in [4.78, 5) is 18.5. The summed E-state index contributed by atoms with van der Waals surface area (Å²) in [6.07, 6.45) is 2.56. The van der Waals surface area contributed by atoms with Gasteiger partial charge in [0.1, 0.15) is 0 Å². The molecule has 19 heavy (non-hydrogen) atoms. The third kappa shape index (κ3) is 4.28. The molecule has 1 aliphatic rings. The number of carbonyl (C=O) groups is 1. The molecule has 1 amide bonds. The highest BCUT2D eigenvalue weighted by atomic mass is 32.1. The first-order chi connectivity index (χ1) is 9.04. The van der Waals surface area contributed by atoms with Gasteiger partial charge in [0, 0.05) is 17.8 Å². The molecule has 2 rings (SSSR count). The van der Waals surface area contributed by atoms with Crippen LogP contribution in [0, 0.1) is 11.8 Å². The zero-order valence-corrected chi connectivity index (χ0v) is 12.8. The number of hydrogen-bond donors (Lipinski definition) is 1. The Bertz CT molecular complexity index is 422. The maximum absolute atomic E-state index is 11.6. The van der Waals surface area contributed by atoms with Crippen molar-refractivity contribution in [1.82, 2.24) is 9.88 Å². The topological polar surface area (TPSA) is 45.2 Å². The second kappa shape index (κ2) is 6.48. The molecule has 1 fully saturated rings.